The Morgan fingerprint density at radius 3 is 2.68 bits per heavy atom. The highest BCUT2D eigenvalue weighted by Gasteiger charge is 2.49. The molecule has 1 N–H and O–H groups in total. The summed E-state index contributed by atoms with van der Waals surface area (Å²) >= 11 is 9.31. The molecule has 1 saturated heterocycles. The summed E-state index contributed by atoms with van der Waals surface area (Å²) in [5.41, 5.74) is 0.208. The van der Waals surface area contributed by atoms with E-state index >= 15 is 0 Å². The van der Waals surface area contributed by atoms with Crippen molar-refractivity contribution in [3.63, 3.8) is 0 Å². The molecule has 1 fully saturated rings. The van der Waals surface area contributed by atoms with Crippen molar-refractivity contribution in [1.29, 1.82) is 0 Å². The lowest BCUT2D eigenvalue weighted by Crippen LogP contribution is -2.40. The first kappa shape index (κ1) is 18.6. The molecule has 3 amide bonds. The van der Waals surface area contributed by atoms with Crippen molar-refractivity contribution in [2.24, 2.45) is 0 Å². The van der Waals surface area contributed by atoms with E-state index in [1.165, 1.54) is 0 Å². The molecule has 142 valence electrons. The molecule has 0 saturated carbocycles. The summed E-state index contributed by atoms with van der Waals surface area (Å²) in [7, 11) is 0. The van der Waals surface area contributed by atoms with Gasteiger partial charge < -0.3 is 9.84 Å². The summed E-state index contributed by atoms with van der Waals surface area (Å²) in [5, 5.41) is 7.21. The van der Waals surface area contributed by atoms with E-state index in [9.17, 15) is 9.59 Å². The molecule has 7 nitrogen and oxygen atoms in total. The summed E-state index contributed by atoms with van der Waals surface area (Å²) in [6.07, 6.45) is 0. The Labute approximate surface area is 173 Å². The van der Waals surface area contributed by atoms with Crippen LogP contribution in [0.5, 0.6) is 0 Å². The van der Waals surface area contributed by atoms with Crippen LogP contribution >= 0.6 is 27.5 Å². The van der Waals surface area contributed by atoms with E-state index in [0.717, 1.165) is 14.9 Å². The topological polar surface area (TPSA) is 88.3 Å². The summed E-state index contributed by atoms with van der Waals surface area (Å²) in [6, 6.07) is 13.7. The quantitative estimate of drug-likeness (QED) is 0.591. The van der Waals surface area contributed by atoms with E-state index in [2.05, 4.69) is 31.4 Å². The van der Waals surface area contributed by atoms with Gasteiger partial charge in [0.25, 0.3) is 5.91 Å². The second-order valence-corrected chi connectivity index (χ2v) is 7.83. The third-order valence-electron chi connectivity index (χ3n) is 4.54. The molecule has 0 spiro atoms. The number of rotatable bonds is 4. The maximum Gasteiger partial charge on any atom is 0.325 e. The standard InChI is InChI=1S/C19H14BrClN4O3/c1-19(12-5-7-14(21)8-6-12)17(26)25(18(27)23-19)10-15-22-16(24-28-15)11-3-2-4-13(20)9-11/h2-9H,10H2,1H3,(H,23,27). The van der Waals surface area contributed by atoms with Crippen molar-refractivity contribution in [2.75, 3.05) is 0 Å². The third kappa shape index (κ3) is 3.29. The van der Waals surface area contributed by atoms with Crippen molar-refractivity contribution in [1.82, 2.24) is 20.4 Å². The van der Waals surface area contributed by atoms with Crippen LogP contribution in [0.1, 0.15) is 18.4 Å². The van der Waals surface area contributed by atoms with Gasteiger partial charge in [-0.3, -0.25) is 9.69 Å². The predicted octanol–water partition coefficient (Wildman–Crippen LogP) is 4.12. The Bertz CT molecular complexity index is 1070. The molecule has 1 atom stereocenters. The molecule has 0 radical (unpaired) electrons. The van der Waals surface area contributed by atoms with E-state index in [4.69, 9.17) is 16.1 Å². The van der Waals surface area contributed by atoms with Gasteiger partial charge >= 0.3 is 6.03 Å². The zero-order chi connectivity index (χ0) is 19.9. The Hall–Kier alpha value is -2.71. The second kappa shape index (κ2) is 7.03. The number of halogens is 2. The molecule has 2 heterocycles. The van der Waals surface area contributed by atoms with Gasteiger partial charge in [-0.1, -0.05) is 57.0 Å². The maximum atomic E-state index is 13.0. The van der Waals surface area contributed by atoms with Crippen molar-refractivity contribution in [2.45, 2.75) is 19.0 Å². The lowest BCUT2D eigenvalue weighted by Gasteiger charge is -2.22. The number of nitrogens with zero attached hydrogens (tertiary/aromatic N) is 3. The molecule has 1 unspecified atom stereocenters. The van der Waals surface area contributed by atoms with Gasteiger partial charge in [-0.05, 0) is 36.8 Å². The molecule has 28 heavy (non-hydrogen) atoms. The molecule has 1 aliphatic heterocycles. The van der Waals surface area contributed by atoms with Gasteiger partial charge in [0.15, 0.2) is 0 Å². The first-order chi connectivity index (χ1) is 13.4. The number of hydrogen-bond donors (Lipinski definition) is 1. The average Bonchev–Trinajstić information content (AvgIpc) is 3.22. The Kier molecular flexibility index (Phi) is 4.68. The zero-order valence-corrected chi connectivity index (χ0v) is 17.0. The van der Waals surface area contributed by atoms with Crippen LogP contribution in [0, 0.1) is 0 Å². The number of carbonyl (C=O) groups excluding carboxylic acids is 2. The highest BCUT2D eigenvalue weighted by Crippen LogP contribution is 2.30. The van der Waals surface area contributed by atoms with Crippen molar-refractivity contribution in [3.8, 4) is 11.4 Å². The van der Waals surface area contributed by atoms with E-state index in [1.54, 1.807) is 31.2 Å². The SMILES string of the molecule is CC1(c2ccc(Cl)cc2)NC(=O)N(Cc2nc(-c3cccc(Br)c3)no2)C1=O. The Morgan fingerprint density at radius 2 is 1.96 bits per heavy atom. The Morgan fingerprint density at radius 1 is 1.21 bits per heavy atom. The lowest BCUT2D eigenvalue weighted by molar-refractivity contribution is -0.131. The number of amides is 3. The fourth-order valence-corrected chi connectivity index (χ4v) is 3.54. The van der Waals surface area contributed by atoms with Gasteiger partial charge in [0, 0.05) is 15.1 Å². The zero-order valence-electron chi connectivity index (χ0n) is 14.6. The first-order valence-electron chi connectivity index (χ1n) is 8.35. The van der Waals surface area contributed by atoms with E-state index < -0.39 is 17.5 Å². The van der Waals surface area contributed by atoms with Crippen LogP contribution in [0.2, 0.25) is 5.02 Å². The number of aromatic nitrogens is 2. The van der Waals surface area contributed by atoms with Crippen LogP contribution in [0.25, 0.3) is 11.4 Å². The van der Waals surface area contributed by atoms with Crippen molar-refractivity contribution in [3.05, 3.63) is 69.5 Å². The monoisotopic (exact) mass is 460 g/mol. The second-order valence-electron chi connectivity index (χ2n) is 6.48. The van der Waals surface area contributed by atoms with Gasteiger partial charge in [0.2, 0.25) is 11.7 Å². The molecule has 0 bridgehead atoms. The minimum atomic E-state index is -1.19. The minimum Gasteiger partial charge on any atom is -0.337 e. The van der Waals surface area contributed by atoms with E-state index in [1.807, 2.05) is 24.3 Å². The molecule has 2 aromatic carbocycles. The molecule has 1 aliphatic rings. The minimum absolute atomic E-state index is 0.116. The molecule has 3 aromatic rings. The number of urea groups is 1. The fraction of sp³-hybridized carbons (Fsp3) is 0.158. The van der Waals surface area contributed by atoms with Gasteiger partial charge in [0.05, 0.1) is 0 Å². The average molecular weight is 462 g/mol. The lowest BCUT2D eigenvalue weighted by atomic mass is 9.92. The summed E-state index contributed by atoms with van der Waals surface area (Å²) < 4.78 is 6.12. The molecular weight excluding hydrogens is 448 g/mol. The molecule has 0 aliphatic carbocycles. The van der Waals surface area contributed by atoms with Crippen LogP contribution in [0.3, 0.4) is 0 Å². The van der Waals surface area contributed by atoms with Gasteiger partial charge in [-0.15, -0.1) is 0 Å². The Balaban J connectivity index is 1.56. The number of benzene rings is 2. The molecular formula is C19H14BrClN4O3. The summed E-state index contributed by atoms with van der Waals surface area (Å²) in [5.74, 6) is 0.143. The normalized spacial score (nSPS) is 19.2. The number of imide groups is 1. The largest absolute Gasteiger partial charge is 0.337 e. The van der Waals surface area contributed by atoms with Gasteiger partial charge in [-0.25, -0.2) is 4.79 Å². The van der Waals surface area contributed by atoms with Gasteiger partial charge in [-0.2, -0.15) is 4.98 Å². The first-order valence-corrected chi connectivity index (χ1v) is 9.52. The van der Waals surface area contributed by atoms with Crippen molar-refractivity contribution < 1.29 is 14.1 Å². The fourth-order valence-electron chi connectivity index (χ4n) is 3.02. The highest BCUT2D eigenvalue weighted by atomic mass is 79.9. The van der Waals surface area contributed by atoms with E-state index in [-0.39, 0.29) is 12.4 Å². The van der Waals surface area contributed by atoms with Crippen LogP contribution in [0.4, 0.5) is 4.79 Å². The molecule has 4 rings (SSSR count). The molecule has 9 heteroatoms. The van der Waals surface area contributed by atoms with Crippen LogP contribution in [-0.2, 0) is 16.9 Å². The number of carbonyl (C=O) groups is 2. The smallest absolute Gasteiger partial charge is 0.325 e. The van der Waals surface area contributed by atoms with Crippen molar-refractivity contribution >= 4 is 39.5 Å². The highest BCUT2D eigenvalue weighted by molar-refractivity contribution is 9.10. The number of nitrogens with one attached hydrogen (secondary N) is 1. The van der Waals surface area contributed by atoms with Crippen LogP contribution in [0.15, 0.2) is 57.5 Å². The summed E-state index contributed by atoms with van der Waals surface area (Å²) in [4.78, 5) is 30.8. The summed E-state index contributed by atoms with van der Waals surface area (Å²) in [6.45, 7) is 1.53. The van der Waals surface area contributed by atoms with Crippen LogP contribution < -0.4 is 5.32 Å². The van der Waals surface area contributed by atoms with Crippen LogP contribution in [-0.4, -0.2) is 27.0 Å². The van der Waals surface area contributed by atoms with E-state index in [0.29, 0.717) is 16.4 Å². The third-order valence-corrected chi connectivity index (χ3v) is 5.29. The predicted molar refractivity (Wildman–Crippen MR) is 105 cm³/mol. The van der Waals surface area contributed by atoms with Gasteiger partial charge in [0.1, 0.15) is 12.1 Å². The maximum absolute atomic E-state index is 13.0. The molecule has 1 aromatic heterocycles. The number of hydrogen-bond acceptors (Lipinski definition) is 5.